The number of esters is 1. The summed E-state index contributed by atoms with van der Waals surface area (Å²) >= 11 is 0. The van der Waals surface area contributed by atoms with Gasteiger partial charge in [0.1, 0.15) is 0 Å². The molecule has 0 aliphatic carbocycles. The van der Waals surface area contributed by atoms with Crippen molar-refractivity contribution in [1.29, 1.82) is 0 Å². The molecule has 8 nitrogen and oxygen atoms in total. The molecule has 32 heavy (non-hydrogen) atoms. The van der Waals surface area contributed by atoms with E-state index in [4.69, 9.17) is 24.0 Å². The van der Waals surface area contributed by atoms with Crippen molar-refractivity contribution in [3.8, 4) is 39.8 Å². The van der Waals surface area contributed by atoms with E-state index in [1.165, 1.54) is 0 Å². The molecular weight excluding hydrogens is 410 g/mol. The molecule has 0 saturated heterocycles. The minimum absolute atomic E-state index is 0.336. The van der Waals surface area contributed by atoms with Crippen LogP contribution >= 0.6 is 0 Å². The maximum Gasteiger partial charge on any atom is 0.338 e. The van der Waals surface area contributed by atoms with Crippen molar-refractivity contribution in [3.63, 3.8) is 0 Å². The quantitative estimate of drug-likeness (QED) is 0.403. The predicted molar refractivity (Wildman–Crippen MR) is 119 cm³/mol. The van der Waals surface area contributed by atoms with Gasteiger partial charge in [-0.05, 0) is 37.3 Å². The Balaban J connectivity index is 1.77. The van der Waals surface area contributed by atoms with E-state index < -0.39 is 0 Å². The zero-order chi connectivity index (χ0) is 22.7. The number of methoxy groups -OCH3 is 3. The maximum absolute atomic E-state index is 11.9. The summed E-state index contributed by atoms with van der Waals surface area (Å²) < 4.78 is 23.2. The minimum atomic E-state index is -0.347. The third-order valence-corrected chi connectivity index (χ3v) is 5.01. The fraction of sp³-hybridized carbons (Fsp3) is 0.208. The van der Waals surface area contributed by atoms with E-state index in [0.717, 1.165) is 22.5 Å². The number of carbonyl (C=O) groups is 1. The Morgan fingerprint density at radius 3 is 2.19 bits per heavy atom. The van der Waals surface area contributed by atoms with Crippen molar-refractivity contribution in [2.24, 2.45) is 0 Å². The smallest absolute Gasteiger partial charge is 0.338 e. The maximum atomic E-state index is 11.9. The van der Waals surface area contributed by atoms with Crippen LogP contribution in [0.3, 0.4) is 0 Å². The van der Waals surface area contributed by atoms with Crippen LogP contribution in [0.2, 0.25) is 0 Å². The Morgan fingerprint density at radius 1 is 0.906 bits per heavy atom. The first-order chi connectivity index (χ1) is 15.6. The Labute approximate surface area is 185 Å². The number of hydrogen-bond acceptors (Lipinski definition) is 7. The van der Waals surface area contributed by atoms with Crippen LogP contribution in [-0.2, 0) is 4.74 Å². The van der Waals surface area contributed by atoms with Gasteiger partial charge in [0.05, 0.1) is 44.9 Å². The van der Waals surface area contributed by atoms with Gasteiger partial charge in [0.15, 0.2) is 17.1 Å². The summed E-state index contributed by atoms with van der Waals surface area (Å²) in [5.74, 6) is 1.27. The second-order valence-corrected chi connectivity index (χ2v) is 6.84. The molecule has 4 aromatic rings. The van der Waals surface area contributed by atoms with Crippen LogP contribution in [0.15, 0.2) is 54.7 Å². The number of ether oxygens (including phenoxy) is 4. The van der Waals surface area contributed by atoms with Crippen LogP contribution < -0.4 is 14.2 Å². The lowest BCUT2D eigenvalue weighted by molar-refractivity contribution is 0.0526. The zero-order valence-electron chi connectivity index (χ0n) is 18.3. The zero-order valence-corrected chi connectivity index (χ0v) is 18.3. The van der Waals surface area contributed by atoms with E-state index in [2.05, 4.69) is 4.98 Å². The summed E-state index contributed by atoms with van der Waals surface area (Å²) in [4.78, 5) is 16.3. The number of nitrogens with zero attached hydrogens (tertiary/aromatic N) is 3. The summed E-state index contributed by atoms with van der Waals surface area (Å²) in [6.45, 7) is 2.11. The summed E-state index contributed by atoms with van der Waals surface area (Å²) in [5.41, 5.74) is 4.41. The third kappa shape index (κ3) is 3.82. The van der Waals surface area contributed by atoms with Gasteiger partial charge < -0.3 is 18.9 Å². The molecule has 0 atom stereocenters. The molecule has 0 N–H and O–H groups in total. The van der Waals surface area contributed by atoms with Gasteiger partial charge in [-0.15, -0.1) is 0 Å². The highest BCUT2D eigenvalue weighted by molar-refractivity contribution is 5.90. The highest BCUT2D eigenvalue weighted by Gasteiger charge is 2.17. The van der Waals surface area contributed by atoms with Gasteiger partial charge in [-0.1, -0.05) is 12.1 Å². The molecule has 0 amide bonds. The SMILES string of the molecule is CCOC(=O)c1ccc(-c2cc3nccc(-c4cc(OC)c(OC)c(OC)c4)n3n2)cc1. The van der Waals surface area contributed by atoms with Crippen LogP contribution in [-0.4, -0.2) is 48.5 Å². The van der Waals surface area contributed by atoms with E-state index in [1.807, 2.05) is 36.4 Å². The van der Waals surface area contributed by atoms with Gasteiger partial charge in [-0.3, -0.25) is 0 Å². The Bertz CT molecular complexity index is 1240. The van der Waals surface area contributed by atoms with E-state index in [1.54, 1.807) is 51.1 Å². The van der Waals surface area contributed by atoms with Crippen LogP contribution in [0.4, 0.5) is 0 Å². The number of benzene rings is 2. The third-order valence-electron chi connectivity index (χ3n) is 5.01. The van der Waals surface area contributed by atoms with Gasteiger partial charge >= 0.3 is 5.97 Å². The Kier molecular flexibility index (Phi) is 5.93. The first kappa shape index (κ1) is 21.2. The molecule has 2 aromatic carbocycles. The molecule has 0 unspecified atom stereocenters. The standard InChI is InChI=1S/C24H23N3O5/c1-5-32-24(28)16-8-6-15(7-9-16)18-14-22-25-11-10-19(27(22)26-18)17-12-20(29-2)23(31-4)21(13-17)30-3/h6-14H,5H2,1-4H3. The number of hydrogen-bond donors (Lipinski definition) is 0. The molecule has 0 fully saturated rings. The molecule has 0 aliphatic heterocycles. The largest absolute Gasteiger partial charge is 0.493 e. The first-order valence-corrected chi connectivity index (χ1v) is 10.0. The van der Waals surface area contributed by atoms with Crippen molar-refractivity contribution >= 4 is 11.6 Å². The van der Waals surface area contributed by atoms with E-state index in [0.29, 0.717) is 35.1 Å². The molecule has 2 heterocycles. The molecule has 2 aromatic heterocycles. The van der Waals surface area contributed by atoms with Crippen LogP contribution in [0.5, 0.6) is 17.2 Å². The molecule has 164 valence electrons. The number of rotatable bonds is 7. The van der Waals surface area contributed by atoms with Gasteiger partial charge in [-0.25, -0.2) is 14.3 Å². The normalized spacial score (nSPS) is 10.8. The van der Waals surface area contributed by atoms with Crippen molar-refractivity contribution in [3.05, 3.63) is 60.3 Å². The molecular formula is C24H23N3O5. The summed E-state index contributed by atoms with van der Waals surface area (Å²) in [6, 6.07) is 14.6. The van der Waals surface area contributed by atoms with E-state index >= 15 is 0 Å². The van der Waals surface area contributed by atoms with E-state index in [-0.39, 0.29) is 5.97 Å². The number of aromatic nitrogens is 3. The summed E-state index contributed by atoms with van der Waals surface area (Å²) in [6.07, 6.45) is 1.73. The first-order valence-electron chi connectivity index (χ1n) is 10.0. The average Bonchev–Trinajstić information content (AvgIpc) is 3.27. The number of fused-ring (bicyclic) bond motifs is 1. The monoisotopic (exact) mass is 433 g/mol. The lowest BCUT2D eigenvalue weighted by atomic mass is 10.1. The second-order valence-electron chi connectivity index (χ2n) is 6.84. The van der Waals surface area contributed by atoms with Crippen molar-refractivity contribution in [1.82, 2.24) is 14.6 Å². The van der Waals surface area contributed by atoms with Gasteiger partial charge in [0.25, 0.3) is 0 Å². The molecule has 0 saturated carbocycles. The molecule has 8 heteroatoms. The van der Waals surface area contributed by atoms with Crippen LogP contribution in [0.25, 0.3) is 28.2 Å². The predicted octanol–water partition coefficient (Wildman–Crippen LogP) is 4.27. The molecule has 0 radical (unpaired) electrons. The highest BCUT2D eigenvalue weighted by Crippen LogP contribution is 2.41. The summed E-state index contributed by atoms with van der Waals surface area (Å²) in [5, 5.41) is 4.75. The highest BCUT2D eigenvalue weighted by atomic mass is 16.5. The van der Waals surface area contributed by atoms with Crippen molar-refractivity contribution in [2.75, 3.05) is 27.9 Å². The summed E-state index contributed by atoms with van der Waals surface area (Å²) in [7, 11) is 4.72. The van der Waals surface area contributed by atoms with Crippen molar-refractivity contribution < 1.29 is 23.7 Å². The molecule has 0 spiro atoms. The van der Waals surface area contributed by atoms with Gasteiger partial charge in [0.2, 0.25) is 5.75 Å². The molecule has 4 rings (SSSR count). The number of carbonyl (C=O) groups excluding carboxylic acids is 1. The van der Waals surface area contributed by atoms with Crippen molar-refractivity contribution in [2.45, 2.75) is 6.92 Å². The van der Waals surface area contributed by atoms with E-state index in [9.17, 15) is 4.79 Å². The molecule has 0 aliphatic rings. The minimum Gasteiger partial charge on any atom is -0.493 e. The fourth-order valence-corrected chi connectivity index (χ4v) is 3.48. The fourth-order valence-electron chi connectivity index (χ4n) is 3.48. The van der Waals surface area contributed by atoms with Gasteiger partial charge in [-0.2, -0.15) is 5.10 Å². The second kappa shape index (κ2) is 8.97. The van der Waals surface area contributed by atoms with Crippen LogP contribution in [0.1, 0.15) is 17.3 Å². The Hall–Kier alpha value is -4.07. The van der Waals surface area contributed by atoms with Crippen LogP contribution in [0, 0.1) is 0 Å². The average molecular weight is 433 g/mol. The lowest BCUT2D eigenvalue weighted by Gasteiger charge is -2.14. The lowest BCUT2D eigenvalue weighted by Crippen LogP contribution is -2.04. The molecule has 0 bridgehead atoms. The Morgan fingerprint density at radius 2 is 1.59 bits per heavy atom. The van der Waals surface area contributed by atoms with Gasteiger partial charge in [0, 0.05) is 23.4 Å². The topological polar surface area (TPSA) is 84.2 Å².